The predicted molar refractivity (Wildman–Crippen MR) is 89.0 cm³/mol. The average Bonchev–Trinajstić information content (AvgIpc) is 3.03. The number of rotatable bonds is 3. The van der Waals surface area contributed by atoms with Gasteiger partial charge in [0.2, 0.25) is 0 Å². The highest BCUT2D eigenvalue weighted by Crippen LogP contribution is 2.36. The molecule has 5 nitrogen and oxygen atoms in total. The monoisotopic (exact) mass is 373 g/mol. The highest BCUT2D eigenvalue weighted by atomic mass is 35.5. The molecule has 9 heteroatoms. The Kier molecular flexibility index (Phi) is 3.90. The van der Waals surface area contributed by atoms with Crippen LogP contribution < -0.4 is 5.73 Å². The summed E-state index contributed by atoms with van der Waals surface area (Å²) in [5.41, 5.74) is 7.14. The first-order chi connectivity index (χ1) is 10.4. The van der Waals surface area contributed by atoms with Gasteiger partial charge in [-0.15, -0.1) is 16.4 Å². The third kappa shape index (κ3) is 2.61. The number of nitrogens with two attached hydrogens (primary N) is 1. The molecule has 0 saturated carbocycles. The Bertz CT molecular complexity index is 934. The van der Waals surface area contributed by atoms with Gasteiger partial charge in [0, 0.05) is 5.56 Å². The van der Waals surface area contributed by atoms with E-state index in [1.165, 1.54) is 12.3 Å². The zero-order valence-electron chi connectivity index (χ0n) is 10.9. The zero-order valence-corrected chi connectivity index (χ0v) is 14.0. The van der Waals surface area contributed by atoms with E-state index >= 15 is 0 Å². The molecule has 0 atom stereocenters. The van der Waals surface area contributed by atoms with Gasteiger partial charge in [-0.1, -0.05) is 53.5 Å². The molecule has 0 amide bonds. The van der Waals surface area contributed by atoms with Crippen LogP contribution in [0.15, 0.2) is 47.5 Å². The van der Waals surface area contributed by atoms with Crippen molar-refractivity contribution in [3.63, 3.8) is 0 Å². The number of hydrogen-bond donors (Lipinski definition) is 1. The maximum absolute atomic E-state index is 12.6. The van der Waals surface area contributed by atoms with Crippen LogP contribution in [0.25, 0.3) is 11.1 Å². The topological polar surface area (TPSA) is 78.0 Å². The number of thiophene rings is 1. The molecule has 0 unspecified atom stereocenters. The van der Waals surface area contributed by atoms with Crippen molar-refractivity contribution in [3.8, 4) is 11.1 Å². The van der Waals surface area contributed by atoms with Gasteiger partial charge < -0.3 is 5.73 Å². The molecule has 3 rings (SSSR count). The lowest BCUT2D eigenvalue weighted by atomic mass is 10.1. The summed E-state index contributed by atoms with van der Waals surface area (Å²) < 4.78 is 26.3. The van der Waals surface area contributed by atoms with E-state index in [9.17, 15) is 8.42 Å². The van der Waals surface area contributed by atoms with Crippen LogP contribution >= 0.6 is 34.5 Å². The summed E-state index contributed by atoms with van der Waals surface area (Å²) in [7, 11) is -3.94. The quantitative estimate of drug-likeness (QED) is 0.758. The fourth-order valence-electron chi connectivity index (χ4n) is 1.93. The van der Waals surface area contributed by atoms with E-state index in [1.807, 2.05) is 30.3 Å². The van der Waals surface area contributed by atoms with Crippen molar-refractivity contribution in [2.75, 3.05) is 5.73 Å². The van der Waals surface area contributed by atoms with Gasteiger partial charge in [-0.25, -0.2) is 0 Å². The van der Waals surface area contributed by atoms with Crippen LogP contribution in [-0.4, -0.2) is 17.6 Å². The van der Waals surface area contributed by atoms with Crippen LogP contribution in [0.4, 0.5) is 5.82 Å². The summed E-state index contributed by atoms with van der Waals surface area (Å²) in [5.74, 6) is 0.118. The summed E-state index contributed by atoms with van der Waals surface area (Å²) in [6.07, 6.45) is 1.36. The fourth-order valence-corrected chi connectivity index (χ4v) is 5.18. The Morgan fingerprint density at radius 2 is 1.86 bits per heavy atom. The van der Waals surface area contributed by atoms with Gasteiger partial charge in [-0.3, -0.25) is 0 Å². The van der Waals surface area contributed by atoms with Gasteiger partial charge >= 0.3 is 0 Å². The van der Waals surface area contributed by atoms with Crippen LogP contribution in [-0.2, 0) is 10.0 Å². The summed E-state index contributed by atoms with van der Waals surface area (Å²) in [6, 6.07) is 10.4. The first-order valence-electron chi connectivity index (χ1n) is 6.00. The molecule has 0 bridgehead atoms. The van der Waals surface area contributed by atoms with Crippen LogP contribution in [0.3, 0.4) is 0 Å². The van der Waals surface area contributed by atoms with Gasteiger partial charge in [0.15, 0.2) is 5.82 Å². The molecule has 0 spiro atoms. The minimum atomic E-state index is -3.94. The maximum Gasteiger partial charge on any atom is 0.285 e. The molecular weight excluding hydrogens is 365 g/mol. The predicted octanol–water partition coefficient (Wildman–Crippen LogP) is 3.74. The largest absolute Gasteiger partial charge is 0.382 e. The summed E-state index contributed by atoms with van der Waals surface area (Å²) in [6.45, 7) is 0. The average molecular weight is 374 g/mol. The third-order valence-electron chi connectivity index (χ3n) is 2.96. The second-order valence-corrected chi connectivity index (χ2v) is 8.41. The standard InChI is InChI=1S/C13H9Cl2N3O2S2/c14-11-6-10(12(15)21-11)22(19,20)18-7-9(13(16)17-18)8-4-2-1-3-5-8/h1-7H,(H2,16,17). The highest BCUT2D eigenvalue weighted by Gasteiger charge is 2.25. The van der Waals surface area contributed by atoms with Crippen molar-refractivity contribution in [2.45, 2.75) is 4.90 Å². The number of benzene rings is 1. The van der Waals surface area contributed by atoms with E-state index in [0.717, 1.165) is 21.0 Å². The maximum atomic E-state index is 12.6. The number of nitrogens with zero attached hydrogens (tertiary/aromatic N) is 2. The van der Waals surface area contributed by atoms with Crippen molar-refractivity contribution in [1.82, 2.24) is 9.19 Å². The van der Waals surface area contributed by atoms with Crippen LogP contribution in [0, 0.1) is 0 Å². The smallest absolute Gasteiger partial charge is 0.285 e. The minimum Gasteiger partial charge on any atom is -0.382 e. The van der Waals surface area contributed by atoms with Crippen molar-refractivity contribution in [2.24, 2.45) is 0 Å². The molecular formula is C13H9Cl2N3O2S2. The SMILES string of the molecule is Nc1nn(S(=O)(=O)c2cc(Cl)sc2Cl)cc1-c1ccccc1. The van der Waals surface area contributed by atoms with E-state index in [1.54, 1.807) is 0 Å². The van der Waals surface area contributed by atoms with Gasteiger partial charge in [-0.05, 0) is 11.6 Å². The van der Waals surface area contributed by atoms with Crippen molar-refractivity contribution in [3.05, 3.63) is 51.3 Å². The normalized spacial score (nSPS) is 11.7. The van der Waals surface area contributed by atoms with E-state index in [4.69, 9.17) is 28.9 Å². The second kappa shape index (κ2) is 5.58. The fraction of sp³-hybridized carbons (Fsp3) is 0. The Balaban J connectivity index is 2.12. The summed E-state index contributed by atoms with van der Waals surface area (Å²) >= 11 is 12.7. The van der Waals surface area contributed by atoms with Gasteiger partial charge in [0.05, 0.1) is 10.5 Å². The number of anilines is 1. The molecule has 0 radical (unpaired) electrons. The Hall–Kier alpha value is -1.54. The lowest BCUT2D eigenvalue weighted by Crippen LogP contribution is -2.13. The Morgan fingerprint density at radius 1 is 1.18 bits per heavy atom. The van der Waals surface area contributed by atoms with Gasteiger partial charge in [0.1, 0.15) is 9.23 Å². The van der Waals surface area contributed by atoms with E-state index < -0.39 is 10.0 Å². The summed E-state index contributed by atoms with van der Waals surface area (Å²) in [4.78, 5) is -0.0914. The summed E-state index contributed by atoms with van der Waals surface area (Å²) in [5, 5.41) is 3.89. The second-order valence-electron chi connectivity index (χ2n) is 4.36. The highest BCUT2D eigenvalue weighted by molar-refractivity contribution is 7.90. The number of halogens is 2. The number of hydrogen-bond acceptors (Lipinski definition) is 5. The third-order valence-corrected chi connectivity index (χ3v) is 6.24. The number of aromatic nitrogens is 2. The molecule has 22 heavy (non-hydrogen) atoms. The molecule has 2 N–H and O–H groups in total. The zero-order chi connectivity index (χ0) is 15.9. The van der Waals surface area contributed by atoms with E-state index in [0.29, 0.717) is 5.56 Å². The van der Waals surface area contributed by atoms with E-state index in [2.05, 4.69) is 5.10 Å². The molecule has 2 aromatic heterocycles. The lowest BCUT2D eigenvalue weighted by Gasteiger charge is -2.01. The van der Waals surface area contributed by atoms with Crippen LogP contribution in [0.1, 0.15) is 0 Å². The Morgan fingerprint density at radius 3 is 2.45 bits per heavy atom. The molecule has 1 aromatic carbocycles. The molecule has 3 aromatic rings. The van der Waals surface area contributed by atoms with Gasteiger partial charge in [-0.2, -0.15) is 12.5 Å². The molecule has 0 aliphatic heterocycles. The van der Waals surface area contributed by atoms with Gasteiger partial charge in [0.25, 0.3) is 10.0 Å². The molecule has 114 valence electrons. The van der Waals surface area contributed by atoms with Crippen molar-refractivity contribution < 1.29 is 8.42 Å². The van der Waals surface area contributed by atoms with Crippen molar-refractivity contribution in [1.29, 1.82) is 0 Å². The first-order valence-corrected chi connectivity index (χ1v) is 9.02. The van der Waals surface area contributed by atoms with Crippen molar-refractivity contribution >= 4 is 50.4 Å². The van der Waals surface area contributed by atoms with Crippen LogP contribution in [0.5, 0.6) is 0 Å². The molecule has 0 aliphatic carbocycles. The molecule has 0 aliphatic rings. The van der Waals surface area contributed by atoms with E-state index in [-0.39, 0.29) is 19.4 Å². The number of nitrogen functional groups attached to an aromatic ring is 1. The van der Waals surface area contributed by atoms with Crippen LogP contribution in [0.2, 0.25) is 8.67 Å². The molecule has 0 saturated heterocycles. The molecule has 0 fully saturated rings. The molecule has 2 heterocycles. The minimum absolute atomic E-state index is 0.0836. The Labute approximate surface area is 141 Å². The first kappa shape index (κ1) is 15.4. The lowest BCUT2D eigenvalue weighted by molar-refractivity contribution is 0.581.